The first-order chi connectivity index (χ1) is 6.20. The van der Waals surface area contributed by atoms with Crippen molar-refractivity contribution in [2.75, 3.05) is 5.73 Å². The molecule has 0 spiro atoms. The number of benzene rings is 1. The van der Waals surface area contributed by atoms with Crippen molar-refractivity contribution < 1.29 is 9.45 Å². The maximum absolute atomic E-state index is 10.5. The number of nitro benzene ring substituents is 1. The highest BCUT2D eigenvalue weighted by Crippen LogP contribution is 2.28. The predicted molar refractivity (Wildman–Crippen MR) is 45.1 cm³/mol. The van der Waals surface area contributed by atoms with Gasteiger partial charge in [0.15, 0.2) is 5.82 Å². The standard InChI is InChI=1S/C7H5N3O3/c8-7-4-2-1-3-5(10(11)12)6(4)13-9-7/h1-3H,(H2,8,9). The fourth-order valence-corrected chi connectivity index (χ4v) is 1.11. The first-order valence-electron chi connectivity index (χ1n) is 3.48. The fourth-order valence-electron chi connectivity index (χ4n) is 1.11. The highest BCUT2D eigenvalue weighted by molar-refractivity contribution is 5.92. The van der Waals surface area contributed by atoms with Crippen LogP contribution in [-0.2, 0) is 0 Å². The van der Waals surface area contributed by atoms with Gasteiger partial charge in [0.1, 0.15) is 0 Å². The minimum atomic E-state index is -0.535. The molecule has 6 nitrogen and oxygen atoms in total. The molecule has 0 bridgehead atoms. The van der Waals surface area contributed by atoms with E-state index in [1.54, 1.807) is 6.07 Å². The molecule has 2 rings (SSSR count). The predicted octanol–water partition coefficient (Wildman–Crippen LogP) is 1.32. The zero-order valence-electron chi connectivity index (χ0n) is 6.43. The third-order valence-electron chi connectivity index (χ3n) is 1.70. The van der Waals surface area contributed by atoms with Crippen LogP contribution < -0.4 is 5.73 Å². The van der Waals surface area contributed by atoms with E-state index < -0.39 is 4.92 Å². The summed E-state index contributed by atoms with van der Waals surface area (Å²) in [6.07, 6.45) is 0. The van der Waals surface area contributed by atoms with Gasteiger partial charge in [-0.2, -0.15) is 0 Å². The lowest BCUT2D eigenvalue weighted by Crippen LogP contribution is -1.88. The normalized spacial score (nSPS) is 10.5. The smallest absolute Gasteiger partial charge is 0.315 e. The van der Waals surface area contributed by atoms with Crippen molar-refractivity contribution in [2.24, 2.45) is 0 Å². The summed E-state index contributed by atoms with van der Waals surface area (Å²) in [5.74, 6) is 0.165. The minimum absolute atomic E-state index is 0.116. The van der Waals surface area contributed by atoms with Crippen LogP contribution in [0.1, 0.15) is 0 Å². The topological polar surface area (TPSA) is 95.2 Å². The number of aromatic nitrogens is 1. The third kappa shape index (κ3) is 0.994. The van der Waals surface area contributed by atoms with Gasteiger partial charge in [-0.3, -0.25) is 10.1 Å². The highest BCUT2D eigenvalue weighted by atomic mass is 16.6. The fraction of sp³-hybridized carbons (Fsp3) is 0. The van der Waals surface area contributed by atoms with Crippen LogP contribution in [0.15, 0.2) is 22.7 Å². The summed E-state index contributed by atoms with van der Waals surface area (Å²) in [4.78, 5) is 9.97. The molecule has 1 aromatic heterocycles. The van der Waals surface area contributed by atoms with Gasteiger partial charge in [-0.1, -0.05) is 11.2 Å². The minimum Gasteiger partial charge on any atom is -0.380 e. The van der Waals surface area contributed by atoms with E-state index in [9.17, 15) is 10.1 Å². The molecule has 0 atom stereocenters. The number of hydrogen-bond acceptors (Lipinski definition) is 5. The van der Waals surface area contributed by atoms with Crippen LogP contribution in [0.4, 0.5) is 11.5 Å². The van der Waals surface area contributed by atoms with Crippen molar-refractivity contribution in [3.63, 3.8) is 0 Å². The molecule has 1 aromatic carbocycles. The number of hydrogen-bond donors (Lipinski definition) is 1. The number of nitrogens with two attached hydrogens (primary N) is 1. The molecule has 66 valence electrons. The molecule has 0 saturated carbocycles. The van der Waals surface area contributed by atoms with Gasteiger partial charge in [0, 0.05) is 6.07 Å². The summed E-state index contributed by atoms with van der Waals surface area (Å²) in [5.41, 5.74) is 5.41. The molecular formula is C7H5N3O3. The van der Waals surface area contributed by atoms with E-state index in [2.05, 4.69) is 5.16 Å². The van der Waals surface area contributed by atoms with Gasteiger partial charge >= 0.3 is 5.69 Å². The number of nitro groups is 1. The van der Waals surface area contributed by atoms with Gasteiger partial charge < -0.3 is 10.3 Å². The van der Waals surface area contributed by atoms with Crippen LogP contribution in [0.25, 0.3) is 11.0 Å². The molecule has 6 heteroatoms. The molecule has 0 amide bonds. The molecule has 0 unspecified atom stereocenters. The van der Waals surface area contributed by atoms with Gasteiger partial charge in [0.25, 0.3) is 0 Å². The Morgan fingerprint density at radius 1 is 1.54 bits per heavy atom. The van der Waals surface area contributed by atoms with E-state index in [0.717, 1.165) is 0 Å². The van der Waals surface area contributed by atoms with E-state index >= 15 is 0 Å². The molecule has 0 saturated heterocycles. The summed E-state index contributed by atoms with van der Waals surface area (Å²) >= 11 is 0. The van der Waals surface area contributed by atoms with Gasteiger partial charge in [0.05, 0.1) is 10.3 Å². The van der Waals surface area contributed by atoms with E-state index in [1.165, 1.54) is 12.1 Å². The number of anilines is 1. The second-order valence-electron chi connectivity index (χ2n) is 2.48. The molecule has 0 radical (unpaired) electrons. The van der Waals surface area contributed by atoms with Crippen LogP contribution in [0.5, 0.6) is 0 Å². The van der Waals surface area contributed by atoms with Crippen molar-refractivity contribution in [3.8, 4) is 0 Å². The highest BCUT2D eigenvalue weighted by Gasteiger charge is 2.17. The molecule has 0 aliphatic rings. The number of rotatable bonds is 1. The zero-order valence-corrected chi connectivity index (χ0v) is 6.43. The average Bonchev–Trinajstić information content (AvgIpc) is 2.48. The third-order valence-corrected chi connectivity index (χ3v) is 1.70. The van der Waals surface area contributed by atoms with Crippen LogP contribution in [0.2, 0.25) is 0 Å². The number of nitrogens with zero attached hydrogens (tertiary/aromatic N) is 2. The quantitative estimate of drug-likeness (QED) is 0.526. The Morgan fingerprint density at radius 2 is 2.31 bits per heavy atom. The Morgan fingerprint density at radius 3 is 3.00 bits per heavy atom. The number of para-hydroxylation sites is 1. The lowest BCUT2D eigenvalue weighted by Gasteiger charge is -1.89. The van der Waals surface area contributed by atoms with Gasteiger partial charge in [-0.15, -0.1) is 0 Å². The van der Waals surface area contributed by atoms with Crippen molar-refractivity contribution in [3.05, 3.63) is 28.3 Å². The monoisotopic (exact) mass is 179 g/mol. The molecule has 0 fully saturated rings. The summed E-state index contributed by atoms with van der Waals surface area (Å²) < 4.78 is 4.72. The van der Waals surface area contributed by atoms with E-state index in [1.807, 2.05) is 0 Å². The molecular weight excluding hydrogens is 174 g/mol. The van der Waals surface area contributed by atoms with Crippen molar-refractivity contribution in [1.82, 2.24) is 5.16 Å². The van der Waals surface area contributed by atoms with Crippen molar-refractivity contribution in [1.29, 1.82) is 0 Å². The average molecular weight is 179 g/mol. The van der Waals surface area contributed by atoms with E-state index in [4.69, 9.17) is 10.3 Å². The maximum atomic E-state index is 10.5. The lowest BCUT2D eigenvalue weighted by atomic mass is 10.2. The second kappa shape index (κ2) is 2.44. The van der Waals surface area contributed by atoms with E-state index in [-0.39, 0.29) is 17.1 Å². The SMILES string of the molecule is Nc1noc2c([N+](=O)[O-])cccc12. The lowest BCUT2D eigenvalue weighted by molar-refractivity contribution is -0.383. The number of fused-ring (bicyclic) bond motifs is 1. The summed E-state index contributed by atoms with van der Waals surface area (Å²) in [6, 6.07) is 4.50. The van der Waals surface area contributed by atoms with Crippen LogP contribution in [0.3, 0.4) is 0 Å². The Bertz CT molecular complexity index is 477. The Labute approximate surface area is 72.1 Å². The largest absolute Gasteiger partial charge is 0.380 e. The van der Waals surface area contributed by atoms with Crippen LogP contribution in [-0.4, -0.2) is 10.1 Å². The molecule has 0 aliphatic carbocycles. The van der Waals surface area contributed by atoms with Crippen molar-refractivity contribution in [2.45, 2.75) is 0 Å². The number of nitrogen functional groups attached to an aromatic ring is 1. The second-order valence-corrected chi connectivity index (χ2v) is 2.48. The molecule has 2 N–H and O–H groups in total. The van der Waals surface area contributed by atoms with Crippen LogP contribution >= 0.6 is 0 Å². The zero-order chi connectivity index (χ0) is 9.42. The molecule has 2 aromatic rings. The van der Waals surface area contributed by atoms with Gasteiger partial charge in [-0.05, 0) is 6.07 Å². The Hall–Kier alpha value is -2.11. The van der Waals surface area contributed by atoms with E-state index in [0.29, 0.717) is 5.39 Å². The summed E-state index contributed by atoms with van der Waals surface area (Å²) in [5, 5.41) is 14.4. The first kappa shape index (κ1) is 7.53. The van der Waals surface area contributed by atoms with Gasteiger partial charge in [-0.25, -0.2) is 0 Å². The molecule has 13 heavy (non-hydrogen) atoms. The molecule has 0 aliphatic heterocycles. The molecule has 1 heterocycles. The summed E-state index contributed by atoms with van der Waals surface area (Å²) in [6.45, 7) is 0. The van der Waals surface area contributed by atoms with Crippen LogP contribution in [0, 0.1) is 10.1 Å². The Kier molecular flexibility index (Phi) is 1.42. The summed E-state index contributed by atoms with van der Waals surface area (Å²) in [7, 11) is 0. The first-order valence-corrected chi connectivity index (χ1v) is 3.48. The van der Waals surface area contributed by atoms with Gasteiger partial charge in [0.2, 0.25) is 5.58 Å². The van der Waals surface area contributed by atoms with Crippen molar-refractivity contribution >= 4 is 22.5 Å². The Balaban J connectivity index is 2.84. The maximum Gasteiger partial charge on any atom is 0.315 e. The number of non-ortho nitro benzene ring substituents is 1.